The second-order valence-corrected chi connectivity index (χ2v) is 17.0. The average Bonchev–Trinajstić information content (AvgIpc) is 3.36. The number of fused-ring (bicyclic) bond motifs is 3. The van der Waals surface area contributed by atoms with Crippen LogP contribution < -0.4 is 10.6 Å². The molecule has 2 aromatic heterocycles. The first-order valence-electron chi connectivity index (χ1n) is 18.5. The smallest absolute Gasteiger partial charge is 0.306 e. The Balaban J connectivity index is 1.40. The molecule has 2 N–H and O–H groups in total. The van der Waals surface area contributed by atoms with Crippen molar-refractivity contribution in [1.29, 1.82) is 0 Å². The van der Waals surface area contributed by atoms with Crippen molar-refractivity contribution in [3.05, 3.63) is 24.0 Å². The van der Waals surface area contributed by atoms with Crippen molar-refractivity contribution in [2.75, 3.05) is 77.2 Å². The Morgan fingerprint density at radius 3 is 2.29 bits per heavy atom. The van der Waals surface area contributed by atoms with Crippen LogP contribution in [0.4, 0.5) is 11.5 Å². The van der Waals surface area contributed by atoms with E-state index in [-0.39, 0.29) is 16.8 Å². The van der Waals surface area contributed by atoms with Gasteiger partial charge in [-0.05, 0) is 84.3 Å². The van der Waals surface area contributed by atoms with Crippen LogP contribution >= 0.6 is 0 Å². The molecular weight excluding hydrogens is 614 g/mol. The fourth-order valence-corrected chi connectivity index (χ4v) is 6.84. The molecular formula is C39H65N7O3. The third-order valence-electron chi connectivity index (χ3n) is 9.17. The van der Waals surface area contributed by atoms with E-state index in [1.54, 1.807) is 0 Å². The number of hydrogen-bond acceptors (Lipinski definition) is 9. The van der Waals surface area contributed by atoms with E-state index in [0.717, 1.165) is 106 Å². The Morgan fingerprint density at radius 1 is 0.939 bits per heavy atom. The number of aryl methyl sites for hydroxylation is 2. The number of unbranched alkanes of at least 4 members (excludes halogenated alkanes) is 2. The first kappa shape index (κ1) is 38.8. The van der Waals surface area contributed by atoms with Crippen molar-refractivity contribution < 1.29 is 14.3 Å². The summed E-state index contributed by atoms with van der Waals surface area (Å²) < 4.78 is 14.2. The van der Waals surface area contributed by atoms with E-state index < -0.39 is 5.60 Å². The van der Waals surface area contributed by atoms with Crippen LogP contribution in [-0.2, 0) is 27.2 Å². The number of ether oxygens (including phenoxy) is 2. The number of imidazole rings is 1. The van der Waals surface area contributed by atoms with Gasteiger partial charge < -0.3 is 29.6 Å². The number of hydrogen-bond donors (Lipinski definition) is 1. The number of nitrogens with zero attached hydrogens (tertiary/aromatic N) is 6. The quantitative estimate of drug-likeness (QED) is 0.122. The van der Waals surface area contributed by atoms with Gasteiger partial charge in [0.1, 0.15) is 16.9 Å². The average molecular weight is 680 g/mol. The van der Waals surface area contributed by atoms with Crippen LogP contribution in [0.15, 0.2) is 18.2 Å². The summed E-state index contributed by atoms with van der Waals surface area (Å²) in [4.78, 5) is 29.5. The maximum Gasteiger partial charge on any atom is 0.306 e. The summed E-state index contributed by atoms with van der Waals surface area (Å²) in [6.45, 7) is 24.7. The fourth-order valence-electron chi connectivity index (χ4n) is 6.84. The maximum atomic E-state index is 12.4. The number of esters is 1. The SMILES string of the molecule is CCCCc1nc2c(N)nc3ccc(N4CCN(CC(C)(C)COCC(C)(C)CC(=O)OC(C)(C)C)CC4)cc3c2n1CCCCN(C)C. The van der Waals surface area contributed by atoms with Gasteiger partial charge in [-0.25, -0.2) is 9.97 Å². The number of nitrogens with two attached hydrogens (primary N) is 1. The molecule has 1 aliphatic heterocycles. The van der Waals surface area contributed by atoms with Crippen molar-refractivity contribution >= 4 is 39.4 Å². The zero-order valence-corrected chi connectivity index (χ0v) is 32.3. The van der Waals surface area contributed by atoms with Gasteiger partial charge >= 0.3 is 5.97 Å². The van der Waals surface area contributed by atoms with E-state index in [1.165, 1.54) is 5.69 Å². The molecule has 1 aliphatic rings. The molecule has 274 valence electrons. The van der Waals surface area contributed by atoms with Gasteiger partial charge in [0.15, 0.2) is 5.82 Å². The van der Waals surface area contributed by atoms with Crippen LogP contribution in [0.1, 0.15) is 93.3 Å². The number of piperazine rings is 1. The lowest BCUT2D eigenvalue weighted by Gasteiger charge is -2.40. The maximum absolute atomic E-state index is 12.4. The third-order valence-corrected chi connectivity index (χ3v) is 9.17. The third kappa shape index (κ3) is 11.3. The number of carbonyl (C=O) groups is 1. The Morgan fingerprint density at radius 2 is 1.63 bits per heavy atom. The standard InChI is InChI=1S/C39H65N7O3/c1-11-12-15-32-42-34-35(46(32)19-14-13-18-43(9)10)30-24-29(16-17-31(30)41-36(34)40)45-22-20-44(21-23-45)26-39(7,8)28-48-27-38(5,6)25-33(47)49-37(2,3)4/h16-17,24H,11-15,18-23,25-28H2,1-10H3,(H2,40,41). The van der Waals surface area contributed by atoms with Gasteiger partial charge in [0.05, 0.1) is 30.7 Å². The summed E-state index contributed by atoms with van der Waals surface area (Å²) in [5, 5.41) is 1.14. The Kier molecular flexibility index (Phi) is 13.0. The van der Waals surface area contributed by atoms with Gasteiger partial charge in [0.2, 0.25) is 0 Å². The monoisotopic (exact) mass is 680 g/mol. The summed E-state index contributed by atoms with van der Waals surface area (Å²) in [5.74, 6) is 1.47. The minimum absolute atomic E-state index is 0.00917. The number of carbonyl (C=O) groups excluding carboxylic acids is 1. The van der Waals surface area contributed by atoms with E-state index in [9.17, 15) is 4.79 Å². The van der Waals surface area contributed by atoms with Crippen molar-refractivity contribution in [2.24, 2.45) is 10.8 Å². The molecule has 10 heteroatoms. The Labute approximate surface area is 295 Å². The number of aromatic nitrogens is 3. The van der Waals surface area contributed by atoms with E-state index in [0.29, 0.717) is 25.5 Å². The molecule has 0 unspecified atom stereocenters. The van der Waals surface area contributed by atoms with Crippen LogP contribution in [0, 0.1) is 10.8 Å². The normalized spacial score (nSPS) is 15.2. The van der Waals surface area contributed by atoms with Gasteiger partial charge in [0.25, 0.3) is 0 Å². The van der Waals surface area contributed by atoms with Crippen LogP contribution in [0.5, 0.6) is 0 Å². The molecule has 3 heterocycles. The van der Waals surface area contributed by atoms with Crippen molar-refractivity contribution in [2.45, 2.75) is 106 Å². The van der Waals surface area contributed by atoms with E-state index in [2.05, 4.69) is 86.2 Å². The second-order valence-electron chi connectivity index (χ2n) is 17.0. The molecule has 0 atom stereocenters. The molecule has 0 saturated carbocycles. The number of anilines is 2. The molecule has 0 spiro atoms. The van der Waals surface area contributed by atoms with E-state index >= 15 is 0 Å². The number of pyridine rings is 1. The molecule has 0 radical (unpaired) electrons. The Hall–Kier alpha value is -2.95. The van der Waals surface area contributed by atoms with Gasteiger partial charge in [-0.15, -0.1) is 0 Å². The highest BCUT2D eigenvalue weighted by molar-refractivity contribution is 6.07. The van der Waals surface area contributed by atoms with Gasteiger partial charge in [-0.2, -0.15) is 0 Å². The number of benzene rings is 1. The predicted molar refractivity (Wildman–Crippen MR) is 203 cm³/mol. The summed E-state index contributed by atoms with van der Waals surface area (Å²) >= 11 is 0. The number of nitrogen functional groups attached to an aromatic ring is 1. The van der Waals surface area contributed by atoms with E-state index in [4.69, 9.17) is 25.2 Å². The van der Waals surface area contributed by atoms with Crippen molar-refractivity contribution in [3.63, 3.8) is 0 Å². The minimum atomic E-state index is -0.473. The van der Waals surface area contributed by atoms with Crippen LogP contribution in [0.3, 0.4) is 0 Å². The molecule has 0 amide bonds. The molecule has 0 bridgehead atoms. The zero-order valence-electron chi connectivity index (χ0n) is 32.3. The van der Waals surface area contributed by atoms with E-state index in [1.807, 2.05) is 20.8 Å². The lowest BCUT2D eigenvalue weighted by Crippen LogP contribution is -2.49. The molecule has 0 aliphatic carbocycles. The van der Waals surface area contributed by atoms with Gasteiger partial charge in [-0.1, -0.05) is 41.0 Å². The zero-order chi connectivity index (χ0) is 36.0. The lowest BCUT2D eigenvalue weighted by molar-refractivity contribution is -0.158. The summed E-state index contributed by atoms with van der Waals surface area (Å²) in [6.07, 6.45) is 5.77. The first-order valence-corrected chi connectivity index (χ1v) is 18.5. The summed E-state index contributed by atoms with van der Waals surface area (Å²) in [7, 11) is 4.27. The fraction of sp³-hybridized carbons (Fsp3) is 0.718. The number of rotatable bonds is 17. The predicted octanol–water partition coefficient (Wildman–Crippen LogP) is 6.77. The molecule has 1 aromatic carbocycles. The summed E-state index contributed by atoms with van der Waals surface area (Å²) in [5.41, 5.74) is 9.90. The second kappa shape index (κ2) is 16.4. The highest BCUT2D eigenvalue weighted by Crippen LogP contribution is 2.33. The highest BCUT2D eigenvalue weighted by Gasteiger charge is 2.30. The lowest BCUT2D eigenvalue weighted by atomic mass is 9.89. The molecule has 4 rings (SSSR count). The van der Waals surface area contributed by atoms with Gasteiger partial charge in [-0.3, -0.25) is 9.69 Å². The highest BCUT2D eigenvalue weighted by atomic mass is 16.6. The van der Waals surface area contributed by atoms with Crippen molar-refractivity contribution in [1.82, 2.24) is 24.3 Å². The topological polar surface area (TPSA) is 102 Å². The van der Waals surface area contributed by atoms with Crippen LogP contribution in [0.25, 0.3) is 21.9 Å². The van der Waals surface area contributed by atoms with Crippen LogP contribution in [-0.4, -0.2) is 102 Å². The molecule has 49 heavy (non-hydrogen) atoms. The molecule has 3 aromatic rings. The molecule has 10 nitrogen and oxygen atoms in total. The van der Waals surface area contributed by atoms with Crippen LogP contribution in [0.2, 0.25) is 0 Å². The molecule has 1 fully saturated rings. The molecule has 1 saturated heterocycles. The first-order chi connectivity index (χ1) is 23.0. The van der Waals surface area contributed by atoms with Crippen molar-refractivity contribution in [3.8, 4) is 0 Å². The summed E-state index contributed by atoms with van der Waals surface area (Å²) in [6, 6.07) is 6.65. The van der Waals surface area contributed by atoms with Gasteiger partial charge in [0, 0.05) is 62.2 Å². The largest absolute Gasteiger partial charge is 0.460 e. The minimum Gasteiger partial charge on any atom is -0.460 e. The Bertz CT molecular complexity index is 1530.